The lowest BCUT2D eigenvalue weighted by atomic mass is 9.75. The van der Waals surface area contributed by atoms with E-state index in [0.29, 0.717) is 76.7 Å². The van der Waals surface area contributed by atoms with E-state index in [1.807, 2.05) is 18.7 Å². The lowest BCUT2D eigenvalue weighted by Gasteiger charge is -2.54. The van der Waals surface area contributed by atoms with Gasteiger partial charge in [0.25, 0.3) is 0 Å². The van der Waals surface area contributed by atoms with Gasteiger partial charge in [-0.05, 0) is 63.8 Å². The Hall–Kier alpha value is -3.94. The quantitative estimate of drug-likeness (QED) is 0.213. The molecule has 0 unspecified atom stereocenters. The molecule has 302 valence electrons. The van der Waals surface area contributed by atoms with Crippen LogP contribution in [0.3, 0.4) is 0 Å². The number of aromatic nitrogens is 2. The first-order valence-electron chi connectivity index (χ1n) is 19.8. The number of amides is 1. The number of alkyl halides is 1. The van der Waals surface area contributed by atoms with Gasteiger partial charge in [-0.25, -0.2) is 13.2 Å². The van der Waals surface area contributed by atoms with Crippen LogP contribution in [0.1, 0.15) is 57.9 Å². The molecule has 2 N–H and O–H groups in total. The van der Waals surface area contributed by atoms with Crippen LogP contribution in [0.15, 0.2) is 18.2 Å². The topological polar surface area (TPSA) is 124 Å². The highest BCUT2D eigenvalue weighted by Crippen LogP contribution is 2.48. The molecule has 1 amide bonds. The number of hydrogen-bond acceptors (Lipinski definition) is 11. The zero-order chi connectivity index (χ0) is 39.9. The molecular weight excluding hydrogens is 777 g/mol. The predicted octanol–water partition coefficient (Wildman–Crippen LogP) is 6.78. The van der Waals surface area contributed by atoms with Crippen LogP contribution < -0.4 is 15.4 Å². The van der Waals surface area contributed by atoms with Gasteiger partial charge in [0.05, 0.1) is 39.6 Å². The molecule has 0 aliphatic carbocycles. The van der Waals surface area contributed by atoms with Crippen molar-refractivity contribution < 1.29 is 27.4 Å². The lowest BCUT2D eigenvalue weighted by molar-refractivity contribution is -0.157. The summed E-state index contributed by atoms with van der Waals surface area (Å²) < 4.78 is 59.2. The molecule has 0 bridgehead atoms. The Bertz CT molecular complexity index is 2310. The van der Waals surface area contributed by atoms with E-state index < -0.39 is 28.9 Å². The molecule has 0 saturated carbocycles. The highest BCUT2D eigenvalue weighted by atomic mass is 35.5. The molecule has 11 nitrogen and oxygen atoms in total. The number of morpholine rings is 1. The highest BCUT2D eigenvalue weighted by molar-refractivity contribution is 7.23. The molecular formula is C41H46ClF3N8O3S. The van der Waals surface area contributed by atoms with Gasteiger partial charge in [-0.2, -0.15) is 15.2 Å². The number of nitrogen functional groups attached to an aromatic ring is 1. The highest BCUT2D eigenvalue weighted by Gasteiger charge is 2.52. The fourth-order valence-corrected chi connectivity index (χ4v) is 11.5. The van der Waals surface area contributed by atoms with Crippen molar-refractivity contribution in [3.8, 4) is 23.2 Å². The van der Waals surface area contributed by atoms with E-state index in [1.54, 1.807) is 6.07 Å². The Morgan fingerprint density at radius 1 is 1.12 bits per heavy atom. The van der Waals surface area contributed by atoms with Crippen LogP contribution >= 0.6 is 22.9 Å². The van der Waals surface area contributed by atoms with Crippen molar-refractivity contribution in [2.75, 3.05) is 82.8 Å². The number of carbonyl (C=O) groups excluding carboxylic acids is 1. The van der Waals surface area contributed by atoms with Crippen molar-refractivity contribution in [3.63, 3.8) is 0 Å². The Morgan fingerprint density at radius 3 is 2.68 bits per heavy atom. The first-order valence-corrected chi connectivity index (χ1v) is 21.0. The van der Waals surface area contributed by atoms with Gasteiger partial charge in [-0.3, -0.25) is 14.6 Å². The minimum atomic E-state index is -0.956. The van der Waals surface area contributed by atoms with E-state index in [1.165, 1.54) is 12.1 Å². The second-order valence-corrected chi connectivity index (χ2v) is 18.5. The smallest absolute Gasteiger partial charge is 0.319 e. The number of nitriles is 1. The zero-order valence-corrected chi connectivity index (χ0v) is 33.8. The van der Waals surface area contributed by atoms with Crippen molar-refractivity contribution in [2.45, 2.75) is 69.6 Å². The number of thiophene rings is 1. The van der Waals surface area contributed by atoms with Crippen molar-refractivity contribution in [3.05, 3.63) is 40.4 Å². The van der Waals surface area contributed by atoms with Crippen LogP contribution in [0.2, 0.25) is 5.02 Å². The Balaban J connectivity index is 1.10. The number of carbonyl (C=O) groups is 1. The molecule has 2 aromatic heterocycles. The number of fused-ring (bicyclic) bond motifs is 3. The molecule has 2 aromatic carbocycles. The van der Waals surface area contributed by atoms with E-state index in [9.17, 15) is 14.4 Å². The summed E-state index contributed by atoms with van der Waals surface area (Å²) in [6.07, 6.45) is 3.82. The summed E-state index contributed by atoms with van der Waals surface area (Å²) in [5, 5.41) is 10.7. The second kappa shape index (κ2) is 14.4. The van der Waals surface area contributed by atoms with Gasteiger partial charge in [-0.1, -0.05) is 24.1 Å². The lowest BCUT2D eigenvalue weighted by Crippen LogP contribution is -2.68. The average molecular weight is 823 g/mol. The van der Waals surface area contributed by atoms with E-state index in [4.69, 9.17) is 31.8 Å². The van der Waals surface area contributed by atoms with Crippen LogP contribution in [0.4, 0.5) is 24.0 Å². The summed E-state index contributed by atoms with van der Waals surface area (Å²) >= 11 is 7.92. The molecule has 5 aliphatic rings. The predicted molar refractivity (Wildman–Crippen MR) is 215 cm³/mol. The van der Waals surface area contributed by atoms with Crippen LogP contribution in [-0.2, 0) is 9.53 Å². The summed E-state index contributed by atoms with van der Waals surface area (Å²) in [5.74, 6) is -0.795. The third-order valence-corrected chi connectivity index (χ3v) is 14.5. The van der Waals surface area contributed by atoms with Crippen molar-refractivity contribution in [2.24, 2.45) is 5.41 Å². The third-order valence-electron chi connectivity index (χ3n) is 13.1. The number of ether oxygens (including phenoxy) is 2. The van der Waals surface area contributed by atoms with Crippen molar-refractivity contribution in [1.82, 2.24) is 24.7 Å². The summed E-state index contributed by atoms with van der Waals surface area (Å²) in [7, 11) is 0. The van der Waals surface area contributed by atoms with Crippen LogP contribution in [-0.4, -0.2) is 120 Å². The molecule has 16 heteroatoms. The summed E-state index contributed by atoms with van der Waals surface area (Å²) in [4.78, 5) is 32.0. The molecule has 4 aromatic rings. The maximum atomic E-state index is 17.4. The summed E-state index contributed by atoms with van der Waals surface area (Å²) in [6, 6.07) is 6.27. The second-order valence-electron chi connectivity index (χ2n) is 17.1. The first kappa shape index (κ1) is 38.6. The van der Waals surface area contributed by atoms with Gasteiger partial charge >= 0.3 is 6.01 Å². The van der Waals surface area contributed by atoms with E-state index >= 15 is 8.78 Å². The number of nitrogens with zero attached hydrogens (tertiary/aromatic N) is 7. The average Bonchev–Trinajstić information content (AvgIpc) is 3.76. The van der Waals surface area contributed by atoms with Crippen LogP contribution in [0.5, 0.6) is 6.01 Å². The van der Waals surface area contributed by atoms with Crippen LogP contribution in [0.25, 0.3) is 32.1 Å². The molecule has 5 saturated heterocycles. The minimum absolute atomic E-state index is 0.0362. The molecule has 7 heterocycles. The Morgan fingerprint density at radius 2 is 1.91 bits per heavy atom. The summed E-state index contributed by atoms with van der Waals surface area (Å²) in [5.41, 5.74) is 4.96. The maximum Gasteiger partial charge on any atom is 0.319 e. The molecule has 5 fully saturated rings. The largest absolute Gasteiger partial charge is 0.461 e. The fourth-order valence-electron chi connectivity index (χ4n) is 10.2. The molecule has 5 aliphatic heterocycles. The van der Waals surface area contributed by atoms with Gasteiger partial charge in [0.1, 0.15) is 41.0 Å². The van der Waals surface area contributed by atoms with E-state index in [0.717, 1.165) is 50.0 Å². The van der Waals surface area contributed by atoms with Gasteiger partial charge in [0.2, 0.25) is 5.91 Å². The number of hydrogen-bond donors (Lipinski definition) is 1. The summed E-state index contributed by atoms with van der Waals surface area (Å²) in [6.45, 7) is 10.3. The van der Waals surface area contributed by atoms with Crippen molar-refractivity contribution >= 4 is 60.7 Å². The van der Waals surface area contributed by atoms with Crippen LogP contribution in [0, 0.1) is 28.4 Å². The first-order chi connectivity index (χ1) is 27.3. The molecule has 9 rings (SSSR count). The van der Waals surface area contributed by atoms with E-state index in [-0.39, 0.29) is 66.3 Å². The molecule has 0 radical (unpaired) electrons. The van der Waals surface area contributed by atoms with Gasteiger partial charge < -0.3 is 25.0 Å². The normalized spacial score (nSPS) is 24.2. The SMILES string of the molecule is CC(C)(C(=O)N1CC2(CCCCN(c3nc(OC[C@@]45CCCN4C[C@H](F)C5)nc4c(F)c(-c5ccc(F)c6sc(N)c(C#N)c56)c(Cl)cc34)C2)C1)N1CCOCC1. The standard InChI is InChI=1S/C41H46ClF3N8O3S/c1-39(2,52-12-14-55-15-13-52)37(54)51-21-40(22-51)8-3-4-10-50(20-40)36-26-16-28(42)31(25-6-7-29(44)34-30(25)27(18-46)35(47)57-34)32(45)33(26)48-38(49-36)56-23-41-9-5-11-53(41)19-24(43)17-41/h6-7,16,24H,3-5,8-15,17,19-23,47H2,1-2H3/t24-,41+/m1/s1. The Labute approximate surface area is 338 Å². The number of halogens is 4. The third kappa shape index (κ3) is 6.46. The number of likely N-dealkylation sites (tertiary alicyclic amines) is 1. The zero-order valence-electron chi connectivity index (χ0n) is 32.2. The van der Waals surface area contributed by atoms with Gasteiger partial charge in [0.15, 0.2) is 5.82 Å². The number of rotatable bonds is 7. The monoisotopic (exact) mass is 822 g/mol. The molecule has 57 heavy (non-hydrogen) atoms. The fraction of sp³-hybridized carbons (Fsp3) is 0.561. The van der Waals surface area contributed by atoms with Crippen molar-refractivity contribution in [1.29, 1.82) is 5.26 Å². The van der Waals surface area contributed by atoms with Gasteiger partial charge in [-0.15, -0.1) is 11.3 Å². The number of nitrogens with two attached hydrogens (primary N) is 1. The maximum absolute atomic E-state index is 17.4. The molecule has 1 spiro atoms. The van der Waals surface area contributed by atoms with E-state index in [2.05, 4.69) is 25.8 Å². The minimum Gasteiger partial charge on any atom is -0.461 e. The number of benzene rings is 2. The number of anilines is 2. The Kier molecular flexibility index (Phi) is 9.75. The molecule has 2 atom stereocenters. The van der Waals surface area contributed by atoms with Gasteiger partial charge in [0, 0.05) is 74.0 Å².